The van der Waals surface area contributed by atoms with E-state index in [1.165, 1.54) is 16.9 Å². The van der Waals surface area contributed by atoms with E-state index in [1.807, 2.05) is 30.0 Å². The molecule has 1 fully saturated rings. The maximum Gasteiger partial charge on any atom is 0.256 e. The Bertz CT molecular complexity index is 1020. The molecule has 0 radical (unpaired) electrons. The molecule has 4 rings (SSSR count). The highest BCUT2D eigenvalue weighted by molar-refractivity contribution is 5.98. The highest BCUT2D eigenvalue weighted by Gasteiger charge is 2.31. The van der Waals surface area contributed by atoms with Gasteiger partial charge in [0.1, 0.15) is 11.6 Å². The first-order chi connectivity index (χ1) is 14.5. The number of halogens is 1. The van der Waals surface area contributed by atoms with Crippen LogP contribution in [0.25, 0.3) is 5.69 Å². The predicted octanol–water partition coefficient (Wildman–Crippen LogP) is 4.03. The van der Waals surface area contributed by atoms with E-state index in [0.29, 0.717) is 30.2 Å². The average molecular weight is 408 g/mol. The fourth-order valence-corrected chi connectivity index (χ4v) is 3.86. The van der Waals surface area contributed by atoms with Crippen LogP contribution in [-0.4, -0.2) is 45.0 Å². The van der Waals surface area contributed by atoms with Crippen LogP contribution >= 0.6 is 0 Å². The Morgan fingerprint density at radius 1 is 1.17 bits per heavy atom. The van der Waals surface area contributed by atoms with Crippen molar-refractivity contribution in [3.8, 4) is 11.4 Å². The summed E-state index contributed by atoms with van der Waals surface area (Å²) >= 11 is 0. The van der Waals surface area contributed by atoms with Crippen LogP contribution < -0.4 is 4.74 Å². The van der Waals surface area contributed by atoms with Gasteiger partial charge in [-0.15, -0.1) is 0 Å². The monoisotopic (exact) mass is 408 g/mol. The summed E-state index contributed by atoms with van der Waals surface area (Å²) in [6.45, 7) is 5.08. The highest BCUT2D eigenvalue weighted by atomic mass is 19.1. The zero-order valence-electron chi connectivity index (χ0n) is 17.2. The van der Waals surface area contributed by atoms with Crippen LogP contribution in [0.1, 0.15) is 35.7 Å². The lowest BCUT2D eigenvalue weighted by Gasteiger charge is -2.38. The van der Waals surface area contributed by atoms with E-state index in [-0.39, 0.29) is 23.7 Å². The van der Waals surface area contributed by atoms with Crippen molar-refractivity contribution < 1.29 is 13.9 Å². The number of nitrogens with zero attached hydrogens (tertiary/aromatic N) is 4. The van der Waals surface area contributed by atoms with Gasteiger partial charge in [0.25, 0.3) is 5.91 Å². The number of aryl methyl sites for hydroxylation is 1. The van der Waals surface area contributed by atoms with Gasteiger partial charge in [-0.2, -0.15) is 15.0 Å². The van der Waals surface area contributed by atoms with Gasteiger partial charge in [-0.1, -0.05) is 17.7 Å². The van der Waals surface area contributed by atoms with Gasteiger partial charge in [0.2, 0.25) is 0 Å². The molecule has 0 saturated carbocycles. The molecule has 7 heteroatoms. The third-order valence-electron chi connectivity index (χ3n) is 5.54. The van der Waals surface area contributed by atoms with Crippen molar-refractivity contribution in [2.75, 3.05) is 13.2 Å². The number of hydrogen-bond acceptors (Lipinski definition) is 4. The van der Waals surface area contributed by atoms with Gasteiger partial charge in [-0.3, -0.25) is 4.79 Å². The van der Waals surface area contributed by atoms with E-state index in [0.717, 1.165) is 18.4 Å². The largest absolute Gasteiger partial charge is 0.493 e. The first-order valence-electron chi connectivity index (χ1n) is 10.2. The molecule has 0 unspecified atom stereocenters. The normalized spacial score (nSPS) is 19.0. The van der Waals surface area contributed by atoms with Gasteiger partial charge in [-0.25, -0.2) is 4.39 Å². The summed E-state index contributed by atoms with van der Waals surface area (Å²) in [5.74, 6) is 0.344. The first kappa shape index (κ1) is 20.1. The summed E-state index contributed by atoms with van der Waals surface area (Å²) in [6.07, 6.45) is 5.04. The SMILES string of the molecule is Cc1ccc(-n2nccn2)c(C(=O)N2C[C@H](COc3cccc(F)c3)CC[C@@H]2C)c1. The topological polar surface area (TPSA) is 60.2 Å². The molecule has 1 aliphatic heterocycles. The van der Waals surface area contributed by atoms with Gasteiger partial charge in [-0.05, 0) is 51.0 Å². The van der Waals surface area contributed by atoms with Crippen LogP contribution in [0.2, 0.25) is 0 Å². The van der Waals surface area contributed by atoms with Crippen molar-refractivity contribution >= 4 is 5.91 Å². The number of carbonyl (C=O) groups excluding carboxylic acids is 1. The molecule has 1 aliphatic rings. The minimum absolute atomic E-state index is 0.0334. The molecule has 1 saturated heterocycles. The molecule has 2 heterocycles. The zero-order valence-corrected chi connectivity index (χ0v) is 17.2. The molecular formula is C23H25FN4O2. The van der Waals surface area contributed by atoms with E-state index in [4.69, 9.17) is 4.74 Å². The molecule has 0 aliphatic carbocycles. The Kier molecular flexibility index (Phi) is 5.79. The fraction of sp³-hybridized carbons (Fsp3) is 0.348. The van der Waals surface area contributed by atoms with Gasteiger partial charge < -0.3 is 9.64 Å². The number of rotatable bonds is 5. The van der Waals surface area contributed by atoms with Gasteiger partial charge >= 0.3 is 0 Å². The van der Waals surface area contributed by atoms with Crippen molar-refractivity contribution in [2.24, 2.45) is 5.92 Å². The van der Waals surface area contributed by atoms with E-state index in [9.17, 15) is 9.18 Å². The van der Waals surface area contributed by atoms with Crippen molar-refractivity contribution in [3.63, 3.8) is 0 Å². The molecule has 2 atom stereocenters. The van der Waals surface area contributed by atoms with E-state index in [2.05, 4.69) is 17.1 Å². The lowest BCUT2D eigenvalue weighted by molar-refractivity contribution is 0.0505. The molecule has 0 N–H and O–H groups in total. The maximum atomic E-state index is 13.5. The summed E-state index contributed by atoms with van der Waals surface area (Å²) in [5.41, 5.74) is 2.26. The Morgan fingerprint density at radius 2 is 1.97 bits per heavy atom. The molecule has 156 valence electrons. The van der Waals surface area contributed by atoms with E-state index in [1.54, 1.807) is 24.5 Å². The molecular weight excluding hydrogens is 383 g/mol. The third-order valence-corrected chi connectivity index (χ3v) is 5.54. The smallest absolute Gasteiger partial charge is 0.256 e. The Morgan fingerprint density at radius 3 is 2.73 bits per heavy atom. The zero-order chi connectivity index (χ0) is 21.1. The molecule has 1 amide bonds. The van der Waals surface area contributed by atoms with Gasteiger partial charge in [0.05, 0.1) is 30.3 Å². The standard InChI is InChI=1S/C23H25FN4O2/c1-16-6-9-22(28-25-10-11-26-28)21(12-16)23(29)27-14-18(8-7-17(27)2)15-30-20-5-3-4-19(24)13-20/h3-6,9-13,17-18H,7-8,14-15H2,1-2H3/t17-,18+/m0/s1. The maximum absolute atomic E-state index is 13.5. The molecule has 1 aromatic heterocycles. The predicted molar refractivity (Wildman–Crippen MR) is 111 cm³/mol. The average Bonchev–Trinajstić information content (AvgIpc) is 3.27. The molecule has 6 nitrogen and oxygen atoms in total. The first-order valence-corrected chi connectivity index (χ1v) is 10.2. The number of piperidine rings is 1. The van der Waals surface area contributed by atoms with Gasteiger partial charge in [0.15, 0.2) is 0 Å². The van der Waals surface area contributed by atoms with Crippen molar-refractivity contribution in [1.82, 2.24) is 19.9 Å². The Balaban J connectivity index is 1.51. The number of amides is 1. The number of ether oxygens (including phenoxy) is 1. The van der Waals surface area contributed by atoms with E-state index >= 15 is 0 Å². The summed E-state index contributed by atoms with van der Waals surface area (Å²) in [6, 6.07) is 12.0. The second-order valence-corrected chi connectivity index (χ2v) is 7.86. The lowest BCUT2D eigenvalue weighted by atomic mass is 9.93. The van der Waals surface area contributed by atoms with Crippen LogP contribution in [0.5, 0.6) is 5.75 Å². The second kappa shape index (κ2) is 8.65. The fourth-order valence-electron chi connectivity index (χ4n) is 3.86. The highest BCUT2D eigenvalue weighted by Crippen LogP contribution is 2.27. The third kappa shape index (κ3) is 4.35. The second-order valence-electron chi connectivity index (χ2n) is 7.86. The summed E-state index contributed by atoms with van der Waals surface area (Å²) in [7, 11) is 0. The molecule has 0 spiro atoms. The molecule has 2 aromatic carbocycles. The quantitative estimate of drug-likeness (QED) is 0.639. The summed E-state index contributed by atoms with van der Waals surface area (Å²) in [4.78, 5) is 16.9. The summed E-state index contributed by atoms with van der Waals surface area (Å²) in [5, 5.41) is 8.39. The van der Waals surface area contributed by atoms with Gasteiger partial charge in [0, 0.05) is 24.6 Å². The Labute approximate surface area is 175 Å². The minimum atomic E-state index is -0.319. The van der Waals surface area contributed by atoms with E-state index < -0.39 is 0 Å². The molecule has 0 bridgehead atoms. The van der Waals surface area contributed by atoms with Crippen LogP contribution in [0.3, 0.4) is 0 Å². The van der Waals surface area contributed by atoms with Crippen LogP contribution in [0, 0.1) is 18.7 Å². The van der Waals surface area contributed by atoms with Crippen molar-refractivity contribution in [3.05, 3.63) is 71.8 Å². The van der Waals surface area contributed by atoms with Crippen LogP contribution in [0.4, 0.5) is 4.39 Å². The number of aromatic nitrogens is 3. The molecule has 30 heavy (non-hydrogen) atoms. The van der Waals surface area contributed by atoms with Crippen molar-refractivity contribution in [1.29, 1.82) is 0 Å². The number of benzene rings is 2. The number of carbonyl (C=O) groups is 1. The number of hydrogen-bond donors (Lipinski definition) is 0. The van der Waals surface area contributed by atoms with Crippen molar-refractivity contribution in [2.45, 2.75) is 32.7 Å². The minimum Gasteiger partial charge on any atom is -0.493 e. The van der Waals surface area contributed by atoms with Crippen LogP contribution in [-0.2, 0) is 0 Å². The van der Waals surface area contributed by atoms with Crippen LogP contribution in [0.15, 0.2) is 54.9 Å². The lowest BCUT2D eigenvalue weighted by Crippen LogP contribution is -2.47. The Hall–Kier alpha value is -3.22. The summed E-state index contributed by atoms with van der Waals surface area (Å²) < 4.78 is 19.2. The number of likely N-dealkylation sites (tertiary alicyclic amines) is 1. The molecule has 3 aromatic rings.